The number of esters is 1. The molecule has 1 saturated heterocycles. The van der Waals surface area contributed by atoms with E-state index in [2.05, 4.69) is 20.9 Å². The van der Waals surface area contributed by atoms with E-state index >= 15 is 0 Å². The lowest BCUT2D eigenvalue weighted by molar-refractivity contribution is -0.144. The monoisotopic (exact) mass is 336 g/mol. The molecule has 0 amide bonds. The molecule has 0 N–H and O–H groups in total. The van der Waals surface area contributed by atoms with Crippen LogP contribution in [0.5, 0.6) is 0 Å². The van der Waals surface area contributed by atoms with Crippen LogP contribution in [0.1, 0.15) is 6.42 Å². The molecule has 2 heterocycles. The summed E-state index contributed by atoms with van der Waals surface area (Å²) < 4.78 is 18.3. The number of carbonyl (C=O) groups excluding carboxylic acids is 1. The second-order valence-corrected chi connectivity index (χ2v) is 4.75. The van der Waals surface area contributed by atoms with Crippen molar-refractivity contribution in [1.29, 1.82) is 0 Å². The normalized spacial score (nSPS) is 18.4. The third-order valence-corrected chi connectivity index (χ3v) is 3.43. The van der Waals surface area contributed by atoms with Gasteiger partial charge in [0.05, 0.1) is 17.5 Å². The number of hydrogen-bond acceptors (Lipinski definition) is 4. The van der Waals surface area contributed by atoms with Crippen molar-refractivity contribution in [3.63, 3.8) is 0 Å². The summed E-state index contributed by atoms with van der Waals surface area (Å²) in [7, 11) is 1.38. The summed E-state index contributed by atoms with van der Waals surface area (Å²) in [4.78, 5) is 17.1. The number of pyridine rings is 1. The number of aromatic nitrogens is 1. The van der Waals surface area contributed by atoms with Gasteiger partial charge in [-0.05, 0) is 34.5 Å². The Balaban J connectivity index is 0.00000162. The Morgan fingerprint density at radius 2 is 2.33 bits per heavy atom. The van der Waals surface area contributed by atoms with E-state index in [0.29, 0.717) is 29.8 Å². The summed E-state index contributed by atoms with van der Waals surface area (Å²) in [6.45, 7) is 1.22. The molecule has 1 aromatic rings. The molecule has 1 fully saturated rings. The van der Waals surface area contributed by atoms with Gasteiger partial charge in [0.15, 0.2) is 0 Å². The van der Waals surface area contributed by atoms with E-state index in [4.69, 9.17) is 4.74 Å². The highest BCUT2D eigenvalue weighted by Crippen LogP contribution is 2.25. The van der Waals surface area contributed by atoms with Crippen LogP contribution in [0.2, 0.25) is 0 Å². The van der Waals surface area contributed by atoms with E-state index in [1.165, 1.54) is 7.11 Å². The quantitative estimate of drug-likeness (QED) is 0.612. The topological polar surface area (TPSA) is 42.4 Å². The molecule has 0 aliphatic carbocycles. The second kappa shape index (κ2) is 6.38. The summed E-state index contributed by atoms with van der Waals surface area (Å²) in [5.74, 6) is -0.347. The maximum Gasteiger partial charge on any atom is 0.310 e. The highest BCUT2D eigenvalue weighted by Gasteiger charge is 2.29. The zero-order chi connectivity index (χ0) is 12.4. The molecule has 4 nitrogen and oxygen atoms in total. The largest absolute Gasteiger partial charge is 0.469 e. The van der Waals surface area contributed by atoms with Gasteiger partial charge in [0.25, 0.3) is 0 Å². The molecular formula is C11H14BrFN2O2S. The van der Waals surface area contributed by atoms with Crippen LogP contribution in [0, 0.1) is 11.9 Å². The average Bonchev–Trinajstić information content (AvgIpc) is 2.81. The number of hydrogen-bond donors (Lipinski definition) is 0. The van der Waals surface area contributed by atoms with Crippen molar-refractivity contribution in [2.45, 2.75) is 6.42 Å². The van der Waals surface area contributed by atoms with Gasteiger partial charge in [-0.15, -0.1) is 0 Å². The van der Waals surface area contributed by atoms with Crippen LogP contribution in [-0.2, 0) is 9.53 Å². The second-order valence-electron chi connectivity index (χ2n) is 3.90. The van der Waals surface area contributed by atoms with Gasteiger partial charge in [-0.25, -0.2) is 4.98 Å². The van der Waals surface area contributed by atoms with Gasteiger partial charge < -0.3 is 9.64 Å². The Kier molecular flexibility index (Phi) is 5.40. The van der Waals surface area contributed by atoms with Gasteiger partial charge in [-0.1, -0.05) is 0 Å². The summed E-state index contributed by atoms with van der Waals surface area (Å²) in [5, 5.41) is 0. The van der Waals surface area contributed by atoms with Gasteiger partial charge in [0, 0.05) is 13.1 Å². The minimum absolute atomic E-state index is 0. The van der Waals surface area contributed by atoms with Crippen molar-refractivity contribution in [1.82, 2.24) is 4.98 Å². The van der Waals surface area contributed by atoms with E-state index in [9.17, 15) is 9.18 Å². The molecule has 0 unspecified atom stereocenters. The Morgan fingerprint density at radius 3 is 2.94 bits per heavy atom. The SMILES string of the molecule is COC(=O)[C@H]1CCN(c2ccc(Br)c(F)n2)C1.S. The molecule has 0 radical (unpaired) electrons. The van der Waals surface area contributed by atoms with E-state index in [1.807, 2.05) is 4.90 Å². The molecule has 1 aliphatic rings. The molecule has 1 atom stereocenters. The van der Waals surface area contributed by atoms with Crippen LogP contribution in [0.4, 0.5) is 10.2 Å². The summed E-state index contributed by atoms with van der Waals surface area (Å²) in [5.41, 5.74) is 0. The Bertz CT molecular complexity index is 447. The van der Waals surface area contributed by atoms with Gasteiger partial charge in [-0.3, -0.25) is 4.79 Å². The maximum absolute atomic E-state index is 13.3. The van der Waals surface area contributed by atoms with Crippen LogP contribution in [0.25, 0.3) is 0 Å². The number of halogens is 2. The Hall–Kier alpha value is -0.820. The zero-order valence-electron chi connectivity index (χ0n) is 9.82. The first-order chi connectivity index (χ1) is 8.11. The molecule has 2 rings (SSSR count). The highest BCUT2D eigenvalue weighted by atomic mass is 79.9. The van der Waals surface area contributed by atoms with Crippen LogP contribution >= 0.6 is 29.4 Å². The van der Waals surface area contributed by atoms with Crippen LogP contribution < -0.4 is 4.90 Å². The molecule has 0 bridgehead atoms. The molecular weight excluding hydrogens is 323 g/mol. The number of anilines is 1. The van der Waals surface area contributed by atoms with E-state index < -0.39 is 5.95 Å². The van der Waals surface area contributed by atoms with Gasteiger partial charge in [-0.2, -0.15) is 17.9 Å². The summed E-state index contributed by atoms with van der Waals surface area (Å²) >= 11 is 3.05. The summed E-state index contributed by atoms with van der Waals surface area (Å²) in [6.07, 6.45) is 0.714. The van der Waals surface area contributed by atoms with Gasteiger partial charge in [0.2, 0.25) is 5.95 Å². The van der Waals surface area contributed by atoms with Crippen molar-refractivity contribution in [2.24, 2.45) is 5.92 Å². The number of carbonyl (C=O) groups is 1. The molecule has 1 aromatic heterocycles. The molecule has 0 spiro atoms. The van der Waals surface area contributed by atoms with E-state index in [-0.39, 0.29) is 25.4 Å². The van der Waals surface area contributed by atoms with Crippen molar-refractivity contribution < 1.29 is 13.9 Å². The van der Waals surface area contributed by atoms with E-state index in [0.717, 1.165) is 0 Å². The minimum Gasteiger partial charge on any atom is -0.469 e. The lowest BCUT2D eigenvalue weighted by Gasteiger charge is -2.17. The first kappa shape index (κ1) is 15.2. The van der Waals surface area contributed by atoms with Crippen molar-refractivity contribution in [2.75, 3.05) is 25.1 Å². The fraction of sp³-hybridized carbons (Fsp3) is 0.455. The number of nitrogens with zero attached hydrogens (tertiary/aromatic N) is 2. The predicted octanol–water partition coefficient (Wildman–Crippen LogP) is 2.10. The standard InChI is InChI=1S/C11H12BrFN2O2.H2S/c1-17-11(16)7-4-5-15(6-7)9-3-2-8(12)10(13)14-9;/h2-3,7H,4-6H2,1H3;1H2/t7-;/m0./s1. The lowest BCUT2D eigenvalue weighted by Crippen LogP contribution is -2.24. The third kappa shape index (κ3) is 3.14. The minimum atomic E-state index is -0.538. The highest BCUT2D eigenvalue weighted by molar-refractivity contribution is 9.10. The Labute approximate surface area is 120 Å². The maximum atomic E-state index is 13.3. The first-order valence-corrected chi connectivity index (χ1v) is 6.06. The smallest absolute Gasteiger partial charge is 0.310 e. The van der Waals surface area contributed by atoms with Crippen molar-refractivity contribution in [3.8, 4) is 0 Å². The van der Waals surface area contributed by atoms with Crippen molar-refractivity contribution in [3.05, 3.63) is 22.6 Å². The number of methoxy groups -OCH3 is 1. The fourth-order valence-corrected chi connectivity index (χ4v) is 2.13. The summed E-state index contributed by atoms with van der Waals surface area (Å²) in [6, 6.07) is 3.34. The predicted molar refractivity (Wildman–Crippen MR) is 74.6 cm³/mol. The van der Waals surface area contributed by atoms with Crippen molar-refractivity contribution >= 4 is 41.2 Å². The van der Waals surface area contributed by atoms with E-state index in [1.54, 1.807) is 12.1 Å². The molecule has 1 aliphatic heterocycles. The zero-order valence-corrected chi connectivity index (χ0v) is 12.4. The first-order valence-electron chi connectivity index (χ1n) is 5.26. The third-order valence-electron chi connectivity index (χ3n) is 2.84. The number of rotatable bonds is 2. The Morgan fingerprint density at radius 1 is 1.61 bits per heavy atom. The molecule has 0 saturated carbocycles. The fourth-order valence-electron chi connectivity index (χ4n) is 1.91. The molecule has 0 aromatic carbocycles. The van der Waals surface area contributed by atoms with Crippen LogP contribution in [0.15, 0.2) is 16.6 Å². The molecule has 18 heavy (non-hydrogen) atoms. The molecule has 7 heteroatoms. The molecule has 100 valence electrons. The average molecular weight is 337 g/mol. The van der Waals surface area contributed by atoms with Crippen LogP contribution in [-0.4, -0.2) is 31.2 Å². The van der Waals surface area contributed by atoms with Gasteiger partial charge in [0.1, 0.15) is 5.82 Å². The van der Waals surface area contributed by atoms with Crippen LogP contribution in [0.3, 0.4) is 0 Å². The number of ether oxygens (including phenoxy) is 1. The lowest BCUT2D eigenvalue weighted by atomic mass is 10.1. The van der Waals surface area contributed by atoms with Gasteiger partial charge >= 0.3 is 5.97 Å².